The van der Waals surface area contributed by atoms with Gasteiger partial charge in [0.15, 0.2) is 0 Å². The van der Waals surface area contributed by atoms with Crippen molar-refractivity contribution in [2.24, 2.45) is 5.73 Å². The molecule has 1 heterocycles. The van der Waals surface area contributed by atoms with Gasteiger partial charge in [-0.15, -0.1) is 0 Å². The van der Waals surface area contributed by atoms with Gasteiger partial charge in [0.2, 0.25) is 0 Å². The van der Waals surface area contributed by atoms with Gasteiger partial charge in [0, 0.05) is 17.8 Å². The van der Waals surface area contributed by atoms with Gasteiger partial charge < -0.3 is 5.73 Å². The largest absolute Gasteiger partial charge is 0.322 e. The van der Waals surface area contributed by atoms with Crippen molar-refractivity contribution in [1.82, 2.24) is 9.97 Å². The SMILES string of the molecule is CC(N)c1nccc(C2CCCCC2)n1. The highest BCUT2D eigenvalue weighted by molar-refractivity contribution is 5.10. The summed E-state index contributed by atoms with van der Waals surface area (Å²) < 4.78 is 0. The number of hydrogen-bond acceptors (Lipinski definition) is 3. The maximum atomic E-state index is 5.79. The Hall–Kier alpha value is -0.960. The van der Waals surface area contributed by atoms with E-state index in [0.29, 0.717) is 5.92 Å². The van der Waals surface area contributed by atoms with Gasteiger partial charge >= 0.3 is 0 Å². The Morgan fingerprint density at radius 1 is 1.33 bits per heavy atom. The minimum Gasteiger partial charge on any atom is -0.322 e. The lowest BCUT2D eigenvalue weighted by Crippen LogP contribution is -2.13. The summed E-state index contributed by atoms with van der Waals surface area (Å²) in [6.07, 6.45) is 8.44. The predicted octanol–water partition coefficient (Wildman–Crippen LogP) is 2.54. The molecule has 0 saturated heterocycles. The molecule has 0 spiro atoms. The molecule has 2 N–H and O–H groups in total. The molecule has 1 unspecified atom stereocenters. The lowest BCUT2D eigenvalue weighted by molar-refractivity contribution is 0.434. The molecule has 0 amide bonds. The van der Waals surface area contributed by atoms with E-state index in [9.17, 15) is 0 Å². The van der Waals surface area contributed by atoms with Gasteiger partial charge in [-0.3, -0.25) is 0 Å². The normalized spacial score (nSPS) is 20.1. The summed E-state index contributed by atoms with van der Waals surface area (Å²) in [5.41, 5.74) is 6.98. The molecule has 2 rings (SSSR count). The summed E-state index contributed by atoms with van der Waals surface area (Å²) in [7, 11) is 0. The first-order valence-corrected chi connectivity index (χ1v) is 5.86. The summed E-state index contributed by atoms with van der Waals surface area (Å²) in [6.45, 7) is 1.93. The minimum atomic E-state index is -0.0615. The Labute approximate surface area is 91.1 Å². The quantitative estimate of drug-likeness (QED) is 0.807. The fraction of sp³-hybridized carbons (Fsp3) is 0.667. The number of nitrogens with two attached hydrogens (primary N) is 1. The topological polar surface area (TPSA) is 51.8 Å². The summed E-state index contributed by atoms with van der Waals surface area (Å²) >= 11 is 0. The van der Waals surface area contributed by atoms with Crippen LogP contribution in [-0.2, 0) is 0 Å². The van der Waals surface area contributed by atoms with Crippen LogP contribution in [0.25, 0.3) is 0 Å². The standard InChI is InChI=1S/C12H19N3/c1-9(13)12-14-8-7-11(15-12)10-5-3-2-4-6-10/h7-10H,2-6,13H2,1H3. The zero-order valence-corrected chi connectivity index (χ0v) is 9.32. The molecule has 0 bridgehead atoms. The summed E-state index contributed by atoms with van der Waals surface area (Å²) in [5.74, 6) is 1.41. The molecule has 1 atom stereocenters. The Balaban J connectivity index is 2.16. The van der Waals surface area contributed by atoms with Gasteiger partial charge in [0.05, 0.1) is 6.04 Å². The highest BCUT2D eigenvalue weighted by Gasteiger charge is 2.17. The third kappa shape index (κ3) is 2.53. The average Bonchev–Trinajstić information content (AvgIpc) is 2.30. The average molecular weight is 205 g/mol. The van der Waals surface area contributed by atoms with E-state index in [1.54, 1.807) is 0 Å². The second-order valence-electron chi connectivity index (χ2n) is 4.46. The van der Waals surface area contributed by atoms with Crippen LogP contribution in [0.3, 0.4) is 0 Å². The lowest BCUT2D eigenvalue weighted by atomic mass is 9.87. The molecule has 1 fully saturated rings. The third-order valence-corrected chi connectivity index (χ3v) is 3.13. The Morgan fingerprint density at radius 3 is 2.73 bits per heavy atom. The van der Waals surface area contributed by atoms with E-state index < -0.39 is 0 Å². The number of aromatic nitrogens is 2. The monoisotopic (exact) mass is 205 g/mol. The fourth-order valence-corrected chi connectivity index (χ4v) is 2.23. The second-order valence-corrected chi connectivity index (χ2v) is 4.46. The van der Waals surface area contributed by atoms with E-state index in [2.05, 4.69) is 9.97 Å². The highest BCUT2D eigenvalue weighted by atomic mass is 14.9. The number of nitrogens with zero attached hydrogens (tertiary/aromatic N) is 2. The molecule has 0 aliphatic heterocycles. The molecule has 1 aromatic rings. The van der Waals surface area contributed by atoms with E-state index in [1.807, 2.05) is 19.2 Å². The molecule has 0 aromatic carbocycles. The van der Waals surface area contributed by atoms with Crippen molar-refractivity contribution in [2.45, 2.75) is 51.0 Å². The van der Waals surface area contributed by atoms with Crippen LogP contribution in [0.5, 0.6) is 0 Å². The van der Waals surface area contributed by atoms with Gasteiger partial charge in [-0.2, -0.15) is 0 Å². The van der Waals surface area contributed by atoms with Crippen LogP contribution in [0.4, 0.5) is 0 Å². The molecule has 82 valence electrons. The lowest BCUT2D eigenvalue weighted by Gasteiger charge is -2.21. The van der Waals surface area contributed by atoms with Crippen LogP contribution in [0.2, 0.25) is 0 Å². The zero-order valence-electron chi connectivity index (χ0n) is 9.32. The molecule has 0 radical (unpaired) electrons. The van der Waals surface area contributed by atoms with Crippen LogP contribution >= 0.6 is 0 Å². The maximum absolute atomic E-state index is 5.79. The summed E-state index contributed by atoms with van der Waals surface area (Å²) in [4.78, 5) is 8.76. The van der Waals surface area contributed by atoms with Crippen molar-refractivity contribution >= 4 is 0 Å². The van der Waals surface area contributed by atoms with Gasteiger partial charge in [-0.1, -0.05) is 19.3 Å². The Bertz CT molecular complexity index is 316. The van der Waals surface area contributed by atoms with E-state index in [4.69, 9.17) is 5.73 Å². The van der Waals surface area contributed by atoms with Gasteiger partial charge in [0.1, 0.15) is 5.82 Å². The smallest absolute Gasteiger partial charge is 0.144 e. The molecular weight excluding hydrogens is 186 g/mol. The van der Waals surface area contributed by atoms with Crippen LogP contribution in [0.15, 0.2) is 12.3 Å². The van der Waals surface area contributed by atoms with E-state index in [1.165, 1.54) is 37.8 Å². The molecule has 1 aromatic heterocycles. The van der Waals surface area contributed by atoms with Gasteiger partial charge in [-0.05, 0) is 25.8 Å². The van der Waals surface area contributed by atoms with E-state index in [0.717, 1.165) is 5.82 Å². The molecule has 15 heavy (non-hydrogen) atoms. The predicted molar refractivity (Wildman–Crippen MR) is 60.5 cm³/mol. The van der Waals surface area contributed by atoms with Crippen molar-refractivity contribution in [1.29, 1.82) is 0 Å². The molecular formula is C12H19N3. The minimum absolute atomic E-state index is 0.0615. The number of hydrogen-bond donors (Lipinski definition) is 1. The fourth-order valence-electron chi connectivity index (χ4n) is 2.23. The molecule has 1 saturated carbocycles. The van der Waals surface area contributed by atoms with Crippen LogP contribution in [-0.4, -0.2) is 9.97 Å². The summed E-state index contributed by atoms with van der Waals surface area (Å²) in [6, 6.07) is 1.98. The van der Waals surface area contributed by atoms with Crippen molar-refractivity contribution in [3.05, 3.63) is 23.8 Å². The van der Waals surface area contributed by atoms with Crippen LogP contribution < -0.4 is 5.73 Å². The second kappa shape index (κ2) is 4.71. The van der Waals surface area contributed by atoms with Crippen molar-refractivity contribution < 1.29 is 0 Å². The Kier molecular flexibility index (Phi) is 3.31. The van der Waals surface area contributed by atoms with Crippen molar-refractivity contribution in [2.75, 3.05) is 0 Å². The maximum Gasteiger partial charge on any atom is 0.144 e. The van der Waals surface area contributed by atoms with Crippen LogP contribution in [0.1, 0.15) is 62.5 Å². The molecule has 3 nitrogen and oxygen atoms in total. The molecule has 3 heteroatoms. The van der Waals surface area contributed by atoms with Gasteiger partial charge in [0.25, 0.3) is 0 Å². The van der Waals surface area contributed by atoms with E-state index in [-0.39, 0.29) is 6.04 Å². The summed E-state index contributed by atoms with van der Waals surface area (Å²) in [5, 5.41) is 0. The van der Waals surface area contributed by atoms with E-state index >= 15 is 0 Å². The number of rotatable bonds is 2. The first kappa shape index (κ1) is 10.6. The molecule has 1 aliphatic rings. The van der Waals surface area contributed by atoms with Crippen molar-refractivity contribution in [3.63, 3.8) is 0 Å². The van der Waals surface area contributed by atoms with Gasteiger partial charge in [-0.25, -0.2) is 9.97 Å². The zero-order chi connectivity index (χ0) is 10.7. The Morgan fingerprint density at radius 2 is 2.07 bits per heavy atom. The first-order valence-electron chi connectivity index (χ1n) is 5.86. The third-order valence-electron chi connectivity index (χ3n) is 3.13. The molecule has 1 aliphatic carbocycles. The van der Waals surface area contributed by atoms with Crippen molar-refractivity contribution in [3.8, 4) is 0 Å². The first-order chi connectivity index (χ1) is 7.27. The van der Waals surface area contributed by atoms with Crippen LogP contribution in [0, 0.1) is 0 Å². The highest BCUT2D eigenvalue weighted by Crippen LogP contribution is 2.31.